The smallest absolute Gasteiger partial charge is 0.254 e. The highest BCUT2D eigenvalue weighted by molar-refractivity contribution is 7.10. The van der Waals surface area contributed by atoms with Gasteiger partial charge in [0.15, 0.2) is 0 Å². The molecule has 0 saturated carbocycles. The number of aryl methyl sites for hydroxylation is 1. The van der Waals surface area contributed by atoms with Crippen LogP contribution >= 0.6 is 11.3 Å². The topological polar surface area (TPSA) is 43.8 Å². The van der Waals surface area contributed by atoms with Crippen molar-refractivity contribution in [1.29, 1.82) is 0 Å². The molecule has 3 heterocycles. The molecule has 0 unspecified atom stereocenters. The van der Waals surface area contributed by atoms with Crippen molar-refractivity contribution in [3.63, 3.8) is 0 Å². The maximum absolute atomic E-state index is 12.9. The lowest BCUT2D eigenvalue weighted by molar-refractivity contribution is 0.0779. The van der Waals surface area contributed by atoms with Crippen molar-refractivity contribution in [2.75, 3.05) is 39.3 Å². The van der Waals surface area contributed by atoms with Crippen molar-refractivity contribution in [3.8, 4) is 0 Å². The third kappa shape index (κ3) is 4.83. The molecule has 2 fully saturated rings. The monoisotopic (exact) mass is 364 g/mol. The van der Waals surface area contributed by atoms with Gasteiger partial charge in [-0.25, -0.2) is 0 Å². The molecule has 5 heteroatoms. The zero-order valence-electron chi connectivity index (χ0n) is 15.5. The number of aliphatic hydroxyl groups excluding tert-OH is 1. The third-order valence-electron chi connectivity index (χ3n) is 5.69. The first-order valence-electron chi connectivity index (χ1n) is 9.91. The van der Waals surface area contributed by atoms with Crippen molar-refractivity contribution in [2.45, 2.75) is 45.4 Å². The first-order valence-corrected chi connectivity index (χ1v) is 10.8. The van der Waals surface area contributed by atoms with E-state index < -0.39 is 0 Å². The van der Waals surface area contributed by atoms with Crippen LogP contribution < -0.4 is 0 Å². The van der Waals surface area contributed by atoms with Gasteiger partial charge in [0, 0.05) is 42.4 Å². The van der Waals surface area contributed by atoms with Crippen molar-refractivity contribution >= 4 is 17.2 Å². The molecule has 0 aromatic carbocycles. The van der Waals surface area contributed by atoms with Crippen LogP contribution in [0.25, 0.3) is 0 Å². The molecule has 1 amide bonds. The Morgan fingerprint density at radius 2 is 1.92 bits per heavy atom. The average molecular weight is 365 g/mol. The Morgan fingerprint density at radius 1 is 1.20 bits per heavy atom. The van der Waals surface area contributed by atoms with Crippen LogP contribution in [0.3, 0.4) is 0 Å². The molecule has 0 aliphatic carbocycles. The number of hydrogen-bond donors (Lipinski definition) is 1. The zero-order chi connectivity index (χ0) is 17.6. The van der Waals surface area contributed by atoms with E-state index in [0.717, 1.165) is 31.5 Å². The molecule has 2 atom stereocenters. The molecule has 3 rings (SSSR count). The Bertz CT molecular complexity index is 552. The van der Waals surface area contributed by atoms with Crippen LogP contribution in [0.5, 0.6) is 0 Å². The molecule has 2 aliphatic rings. The van der Waals surface area contributed by atoms with Gasteiger partial charge in [0.05, 0.1) is 5.56 Å². The standard InChI is InChI=1S/C20H32N2O2S/c1-2-7-19-10-16(15-25-19)20(24)22-12-17(18(13-22)14-23)11-21-8-5-3-4-6-9-21/h10,15,17-18,23H,2-9,11-14H2,1H3/t17-,18-/m1/s1. The molecule has 2 aliphatic heterocycles. The minimum atomic E-state index is 0.149. The quantitative estimate of drug-likeness (QED) is 0.843. The molecule has 0 spiro atoms. The van der Waals surface area contributed by atoms with E-state index in [9.17, 15) is 9.90 Å². The summed E-state index contributed by atoms with van der Waals surface area (Å²) < 4.78 is 0. The highest BCUT2D eigenvalue weighted by Gasteiger charge is 2.36. The van der Waals surface area contributed by atoms with Crippen molar-refractivity contribution < 1.29 is 9.90 Å². The third-order valence-corrected chi connectivity index (χ3v) is 6.68. The summed E-state index contributed by atoms with van der Waals surface area (Å²) in [4.78, 5) is 18.7. The molecule has 0 radical (unpaired) electrons. The summed E-state index contributed by atoms with van der Waals surface area (Å²) in [5, 5.41) is 11.8. The molecular weight excluding hydrogens is 332 g/mol. The average Bonchev–Trinajstić information content (AvgIpc) is 3.16. The summed E-state index contributed by atoms with van der Waals surface area (Å²) in [7, 11) is 0. The van der Waals surface area contributed by atoms with Gasteiger partial charge < -0.3 is 14.9 Å². The van der Waals surface area contributed by atoms with E-state index in [1.165, 1.54) is 43.6 Å². The van der Waals surface area contributed by atoms with Crippen molar-refractivity contribution in [3.05, 3.63) is 21.9 Å². The minimum Gasteiger partial charge on any atom is -0.396 e. The Kier molecular flexibility index (Phi) is 6.91. The van der Waals surface area contributed by atoms with Gasteiger partial charge in [-0.05, 0) is 44.3 Å². The Hall–Kier alpha value is -0.910. The van der Waals surface area contributed by atoms with Crippen molar-refractivity contribution in [2.24, 2.45) is 11.8 Å². The van der Waals surface area contributed by atoms with Gasteiger partial charge in [-0.15, -0.1) is 11.3 Å². The lowest BCUT2D eigenvalue weighted by Crippen LogP contribution is -2.35. The van der Waals surface area contributed by atoms with Crippen LogP contribution in [0.4, 0.5) is 0 Å². The highest BCUT2D eigenvalue weighted by Crippen LogP contribution is 2.27. The van der Waals surface area contributed by atoms with Crippen LogP contribution in [-0.2, 0) is 6.42 Å². The molecule has 2 saturated heterocycles. The second-order valence-electron chi connectivity index (χ2n) is 7.68. The van der Waals surface area contributed by atoms with E-state index in [1.807, 2.05) is 10.3 Å². The first-order chi connectivity index (χ1) is 12.2. The summed E-state index contributed by atoms with van der Waals surface area (Å²) in [5.74, 6) is 0.775. The molecule has 4 nitrogen and oxygen atoms in total. The van der Waals surface area contributed by atoms with E-state index in [-0.39, 0.29) is 18.4 Å². The van der Waals surface area contributed by atoms with Gasteiger partial charge in [-0.2, -0.15) is 0 Å². The molecular formula is C20H32N2O2S. The van der Waals surface area contributed by atoms with Crippen LogP contribution in [0, 0.1) is 11.8 Å². The second-order valence-corrected chi connectivity index (χ2v) is 8.68. The molecule has 1 aromatic heterocycles. The fourth-order valence-electron chi connectivity index (χ4n) is 4.22. The van der Waals surface area contributed by atoms with Gasteiger partial charge in [-0.3, -0.25) is 4.79 Å². The number of thiophene rings is 1. The SMILES string of the molecule is CCCc1cc(C(=O)N2C[C@@H](CN3CCCCCC3)[C@@H](CO)C2)cs1. The Balaban J connectivity index is 1.60. The van der Waals surface area contributed by atoms with Crippen LogP contribution in [0.15, 0.2) is 11.4 Å². The summed E-state index contributed by atoms with van der Waals surface area (Å²) in [5.41, 5.74) is 0.834. The second kappa shape index (κ2) is 9.15. The molecule has 1 aromatic rings. The highest BCUT2D eigenvalue weighted by atomic mass is 32.1. The number of carbonyl (C=O) groups excluding carboxylic acids is 1. The fourth-order valence-corrected chi connectivity index (χ4v) is 5.19. The van der Waals surface area contributed by atoms with E-state index in [0.29, 0.717) is 12.5 Å². The first kappa shape index (κ1) is 18.9. The predicted molar refractivity (Wildman–Crippen MR) is 103 cm³/mol. The number of likely N-dealkylation sites (tertiary alicyclic amines) is 2. The van der Waals surface area contributed by atoms with Crippen LogP contribution in [0.2, 0.25) is 0 Å². The van der Waals surface area contributed by atoms with E-state index in [1.54, 1.807) is 11.3 Å². The van der Waals surface area contributed by atoms with Crippen molar-refractivity contribution in [1.82, 2.24) is 9.80 Å². The number of nitrogens with zero attached hydrogens (tertiary/aromatic N) is 2. The largest absolute Gasteiger partial charge is 0.396 e. The normalized spacial score (nSPS) is 25.3. The van der Waals surface area contributed by atoms with Crippen LogP contribution in [-0.4, -0.2) is 60.1 Å². The molecule has 140 valence electrons. The van der Waals surface area contributed by atoms with Gasteiger partial charge >= 0.3 is 0 Å². The van der Waals surface area contributed by atoms with E-state index in [2.05, 4.69) is 17.9 Å². The summed E-state index contributed by atoms with van der Waals surface area (Å²) in [6, 6.07) is 2.06. The number of hydrogen-bond acceptors (Lipinski definition) is 4. The summed E-state index contributed by atoms with van der Waals surface area (Å²) in [6.07, 6.45) is 7.42. The van der Waals surface area contributed by atoms with E-state index >= 15 is 0 Å². The number of amides is 1. The Morgan fingerprint density at radius 3 is 2.60 bits per heavy atom. The lowest BCUT2D eigenvalue weighted by atomic mass is 9.96. The number of aliphatic hydroxyl groups is 1. The number of rotatable bonds is 6. The molecule has 1 N–H and O–H groups in total. The Labute approximate surface area is 155 Å². The minimum absolute atomic E-state index is 0.149. The summed E-state index contributed by atoms with van der Waals surface area (Å²) in [6.45, 7) is 7.22. The molecule has 25 heavy (non-hydrogen) atoms. The van der Waals surface area contributed by atoms with Gasteiger partial charge in [-0.1, -0.05) is 26.2 Å². The van der Waals surface area contributed by atoms with Gasteiger partial charge in [0.1, 0.15) is 0 Å². The van der Waals surface area contributed by atoms with Gasteiger partial charge in [0.2, 0.25) is 0 Å². The lowest BCUT2D eigenvalue weighted by Gasteiger charge is -2.26. The van der Waals surface area contributed by atoms with E-state index in [4.69, 9.17) is 0 Å². The van der Waals surface area contributed by atoms with Gasteiger partial charge in [0.25, 0.3) is 5.91 Å². The number of carbonyl (C=O) groups is 1. The maximum atomic E-state index is 12.9. The fraction of sp³-hybridized carbons (Fsp3) is 0.750. The molecule has 0 bridgehead atoms. The maximum Gasteiger partial charge on any atom is 0.254 e. The zero-order valence-corrected chi connectivity index (χ0v) is 16.3. The predicted octanol–water partition coefficient (Wildman–Crippen LogP) is 3.26. The van der Waals surface area contributed by atoms with Crippen LogP contribution in [0.1, 0.15) is 54.3 Å². The summed E-state index contributed by atoms with van der Waals surface area (Å²) >= 11 is 1.69.